The summed E-state index contributed by atoms with van der Waals surface area (Å²) >= 11 is 0. The lowest BCUT2D eigenvalue weighted by Gasteiger charge is -2.16. The van der Waals surface area contributed by atoms with E-state index in [2.05, 4.69) is 13.2 Å². The maximum atomic E-state index is 5.37. The Hall–Kier alpha value is -0.920. The maximum absolute atomic E-state index is 5.37. The van der Waals surface area contributed by atoms with Gasteiger partial charge in [0.15, 0.2) is 0 Å². The first-order valence-corrected chi connectivity index (χ1v) is 4.60. The fourth-order valence-corrected chi connectivity index (χ4v) is 0.970. The highest BCUT2D eigenvalue weighted by molar-refractivity contribution is 4.98. The number of ether oxygens (including phenoxy) is 2. The van der Waals surface area contributed by atoms with Gasteiger partial charge in [-0.3, -0.25) is 0 Å². The van der Waals surface area contributed by atoms with Crippen LogP contribution in [-0.4, -0.2) is 12.2 Å². The zero-order valence-corrected chi connectivity index (χ0v) is 9.09. The van der Waals surface area contributed by atoms with Gasteiger partial charge in [-0.2, -0.15) is 0 Å². The molecule has 0 saturated heterocycles. The molecule has 0 rings (SSSR count). The van der Waals surface area contributed by atoms with E-state index < -0.39 is 0 Å². The van der Waals surface area contributed by atoms with E-state index in [0.29, 0.717) is 17.9 Å². The molecule has 0 aromatic rings. The van der Waals surface area contributed by atoms with Gasteiger partial charge in [-0.25, -0.2) is 0 Å². The first kappa shape index (κ1) is 12.1. The summed E-state index contributed by atoms with van der Waals surface area (Å²) in [6, 6.07) is 0. The summed E-state index contributed by atoms with van der Waals surface area (Å²) in [5.41, 5.74) is 0. The quantitative estimate of drug-likeness (QED) is 0.590. The molecule has 0 aromatic heterocycles. The average molecular weight is 184 g/mol. The number of hydrogen-bond acceptors (Lipinski definition) is 2. The second-order valence-corrected chi connectivity index (χ2v) is 3.59. The molecule has 0 fully saturated rings. The molecule has 0 aliphatic rings. The molecular formula is C11H20O2. The Balaban J connectivity index is 3.72. The topological polar surface area (TPSA) is 18.5 Å². The predicted octanol–water partition coefficient (Wildman–Crippen LogP) is 3.25. The molecule has 13 heavy (non-hydrogen) atoms. The molecule has 0 radical (unpaired) electrons. The van der Waals surface area contributed by atoms with Crippen LogP contribution < -0.4 is 0 Å². The van der Waals surface area contributed by atoms with Gasteiger partial charge < -0.3 is 9.47 Å². The van der Waals surface area contributed by atoms with Crippen LogP contribution in [0.3, 0.4) is 0 Å². The lowest BCUT2D eigenvalue weighted by molar-refractivity contribution is 0.112. The molecule has 2 nitrogen and oxygen atoms in total. The van der Waals surface area contributed by atoms with Crippen molar-refractivity contribution in [2.75, 3.05) is 0 Å². The summed E-state index contributed by atoms with van der Waals surface area (Å²) in [4.78, 5) is 0. The van der Waals surface area contributed by atoms with Gasteiger partial charge >= 0.3 is 0 Å². The van der Waals surface area contributed by atoms with Gasteiger partial charge in [0.05, 0.1) is 30.1 Å². The van der Waals surface area contributed by atoms with Crippen molar-refractivity contribution in [3.63, 3.8) is 0 Å². The lowest BCUT2D eigenvalue weighted by Crippen LogP contribution is -2.06. The van der Waals surface area contributed by atoms with Crippen LogP contribution in [0.25, 0.3) is 0 Å². The summed E-state index contributed by atoms with van der Waals surface area (Å²) in [7, 11) is 0. The van der Waals surface area contributed by atoms with Crippen LogP contribution >= 0.6 is 0 Å². The molecule has 0 aromatic carbocycles. The molecule has 0 saturated carbocycles. The molecule has 76 valence electrons. The molecule has 0 heterocycles. The van der Waals surface area contributed by atoms with E-state index in [4.69, 9.17) is 9.47 Å². The second kappa shape index (κ2) is 5.68. The fraction of sp³-hybridized carbons (Fsp3) is 0.636. The van der Waals surface area contributed by atoms with Gasteiger partial charge in [-0.1, -0.05) is 13.2 Å². The van der Waals surface area contributed by atoms with E-state index in [1.807, 2.05) is 27.7 Å². The molecule has 0 atom stereocenters. The SMILES string of the molecule is C=C(CC(=C)OC(C)C)OC(C)C. The smallest absolute Gasteiger partial charge is 0.0967 e. The number of hydrogen-bond donors (Lipinski definition) is 0. The maximum Gasteiger partial charge on any atom is 0.0967 e. The Morgan fingerprint density at radius 1 is 0.923 bits per heavy atom. The van der Waals surface area contributed by atoms with Crippen molar-refractivity contribution in [1.82, 2.24) is 0 Å². The van der Waals surface area contributed by atoms with Crippen molar-refractivity contribution in [1.29, 1.82) is 0 Å². The van der Waals surface area contributed by atoms with Gasteiger partial charge in [0, 0.05) is 0 Å². The summed E-state index contributed by atoms with van der Waals surface area (Å²) in [6.07, 6.45) is 0.912. The Morgan fingerprint density at radius 2 is 1.23 bits per heavy atom. The Morgan fingerprint density at radius 3 is 1.46 bits per heavy atom. The van der Waals surface area contributed by atoms with E-state index in [9.17, 15) is 0 Å². The zero-order chi connectivity index (χ0) is 10.4. The van der Waals surface area contributed by atoms with Crippen molar-refractivity contribution in [2.24, 2.45) is 0 Å². The van der Waals surface area contributed by atoms with Gasteiger partial charge in [0.25, 0.3) is 0 Å². The van der Waals surface area contributed by atoms with Crippen LogP contribution in [0.2, 0.25) is 0 Å². The van der Waals surface area contributed by atoms with E-state index in [0.717, 1.165) is 0 Å². The molecule has 0 bridgehead atoms. The first-order valence-electron chi connectivity index (χ1n) is 4.60. The largest absolute Gasteiger partial charge is 0.496 e. The molecule has 0 spiro atoms. The van der Waals surface area contributed by atoms with Crippen LogP contribution in [0.1, 0.15) is 34.1 Å². The summed E-state index contributed by atoms with van der Waals surface area (Å²) < 4.78 is 10.7. The Labute approximate surface area is 81.2 Å². The highest BCUT2D eigenvalue weighted by atomic mass is 16.5. The monoisotopic (exact) mass is 184 g/mol. The van der Waals surface area contributed by atoms with Crippen molar-refractivity contribution >= 4 is 0 Å². The minimum absolute atomic E-state index is 0.166. The number of rotatable bonds is 6. The average Bonchev–Trinajstić information content (AvgIpc) is 1.80. The zero-order valence-electron chi connectivity index (χ0n) is 9.09. The Bertz CT molecular complexity index is 161. The van der Waals surface area contributed by atoms with Gasteiger partial charge in [-0.15, -0.1) is 0 Å². The third-order valence-electron chi connectivity index (χ3n) is 1.20. The Kier molecular flexibility index (Phi) is 5.28. The van der Waals surface area contributed by atoms with Crippen LogP contribution in [0.15, 0.2) is 24.7 Å². The molecule has 0 unspecified atom stereocenters. The van der Waals surface area contributed by atoms with E-state index in [-0.39, 0.29) is 12.2 Å². The lowest BCUT2D eigenvalue weighted by atomic mass is 10.3. The van der Waals surface area contributed by atoms with E-state index >= 15 is 0 Å². The minimum Gasteiger partial charge on any atom is -0.496 e. The highest BCUT2D eigenvalue weighted by Crippen LogP contribution is 2.13. The van der Waals surface area contributed by atoms with E-state index in [1.165, 1.54) is 0 Å². The van der Waals surface area contributed by atoms with Crippen molar-refractivity contribution in [3.8, 4) is 0 Å². The van der Waals surface area contributed by atoms with Crippen LogP contribution in [-0.2, 0) is 9.47 Å². The predicted molar refractivity (Wildman–Crippen MR) is 55.3 cm³/mol. The van der Waals surface area contributed by atoms with E-state index in [1.54, 1.807) is 0 Å². The van der Waals surface area contributed by atoms with Gasteiger partial charge in [0.2, 0.25) is 0 Å². The van der Waals surface area contributed by atoms with Crippen molar-refractivity contribution in [2.45, 2.75) is 46.3 Å². The standard InChI is InChI=1S/C11H20O2/c1-8(2)12-10(5)7-11(6)13-9(3)4/h8-9H,5-7H2,1-4H3. The third kappa shape index (κ3) is 7.44. The summed E-state index contributed by atoms with van der Waals surface area (Å²) in [6.45, 7) is 15.4. The van der Waals surface area contributed by atoms with Crippen molar-refractivity contribution < 1.29 is 9.47 Å². The second-order valence-electron chi connectivity index (χ2n) is 3.59. The minimum atomic E-state index is 0.166. The fourth-order valence-electron chi connectivity index (χ4n) is 0.970. The molecule has 2 heteroatoms. The van der Waals surface area contributed by atoms with Crippen molar-refractivity contribution in [3.05, 3.63) is 24.7 Å². The van der Waals surface area contributed by atoms with Crippen LogP contribution in [0, 0.1) is 0 Å². The highest BCUT2D eigenvalue weighted by Gasteiger charge is 2.04. The summed E-state index contributed by atoms with van der Waals surface area (Å²) in [5, 5.41) is 0. The molecular weight excluding hydrogens is 164 g/mol. The molecule has 0 N–H and O–H groups in total. The normalized spacial score (nSPS) is 10.3. The summed E-state index contributed by atoms with van der Waals surface area (Å²) in [5.74, 6) is 1.42. The van der Waals surface area contributed by atoms with Crippen LogP contribution in [0.4, 0.5) is 0 Å². The molecule has 0 aliphatic heterocycles. The molecule has 0 amide bonds. The van der Waals surface area contributed by atoms with Gasteiger partial charge in [-0.05, 0) is 27.7 Å². The third-order valence-corrected chi connectivity index (χ3v) is 1.20. The van der Waals surface area contributed by atoms with Gasteiger partial charge in [0.1, 0.15) is 0 Å². The van der Waals surface area contributed by atoms with Crippen LogP contribution in [0.5, 0.6) is 0 Å². The molecule has 0 aliphatic carbocycles. The first-order chi connectivity index (χ1) is 5.91.